The van der Waals surface area contributed by atoms with E-state index < -0.39 is 11.0 Å². The monoisotopic (exact) mass is 456 g/mol. The highest BCUT2D eigenvalue weighted by molar-refractivity contribution is 7.81. The molecule has 2 atom stereocenters. The Morgan fingerprint density at radius 2 is 1.94 bits per heavy atom. The van der Waals surface area contributed by atoms with Gasteiger partial charge in [-0.3, -0.25) is 0 Å². The van der Waals surface area contributed by atoms with Crippen molar-refractivity contribution < 1.29 is 8.60 Å². The van der Waals surface area contributed by atoms with Crippen LogP contribution in [0, 0.1) is 12.7 Å². The molecule has 1 N–H and O–H groups in total. The zero-order valence-electron chi connectivity index (χ0n) is 19.3. The molecule has 0 radical (unpaired) electrons. The van der Waals surface area contributed by atoms with E-state index in [0.29, 0.717) is 19.6 Å². The fourth-order valence-corrected chi connectivity index (χ4v) is 4.82. The van der Waals surface area contributed by atoms with E-state index in [1.807, 2.05) is 36.5 Å². The summed E-state index contributed by atoms with van der Waals surface area (Å²) in [5.41, 5.74) is 5.76. The molecule has 7 heteroatoms. The molecule has 32 heavy (non-hydrogen) atoms. The summed E-state index contributed by atoms with van der Waals surface area (Å²) >= 11 is 0. The summed E-state index contributed by atoms with van der Waals surface area (Å²) < 4.78 is 27.9. The lowest BCUT2D eigenvalue weighted by atomic mass is 10.0. The number of imidazole rings is 1. The Balaban J connectivity index is 0.00000141. The van der Waals surface area contributed by atoms with Gasteiger partial charge in [-0.15, -0.1) is 0 Å². The minimum absolute atomic E-state index is 0.158. The average molecular weight is 457 g/mol. The predicted octanol–water partition coefficient (Wildman–Crippen LogP) is 5.00. The highest BCUT2D eigenvalue weighted by Gasteiger charge is 2.30. The molecule has 172 valence electrons. The number of aryl methyl sites for hydroxylation is 2. The molecule has 0 aliphatic carbocycles. The van der Waals surface area contributed by atoms with Crippen LogP contribution in [-0.2, 0) is 30.5 Å². The Morgan fingerprint density at radius 1 is 1.19 bits per heavy atom. The molecule has 0 spiro atoms. The van der Waals surface area contributed by atoms with Gasteiger partial charge in [-0.25, -0.2) is 17.9 Å². The van der Waals surface area contributed by atoms with Gasteiger partial charge in [0.25, 0.3) is 0 Å². The maximum Gasteiger partial charge on any atom is 0.123 e. The standard InChI is InChI=1S/C23H27FN4OS.C2H6/c1-17-4-3-5-23-22(17)15-27(30(2)29)14-21(28(23)13-20-12-25-16-26-20)11-8-18-6-9-19(24)10-7-18;1-2/h3-7,9-10,12,16,21H,8,11,13-15H2,1-2H3,(H,25,26);1-2H3. The van der Waals surface area contributed by atoms with E-state index in [1.54, 1.807) is 12.6 Å². The van der Waals surface area contributed by atoms with E-state index in [4.69, 9.17) is 0 Å². The van der Waals surface area contributed by atoms with Crippen molar-refractivity contribution in [2.75, 3.05) is 17.7 Å². The number of anilines is 1. The number of aromatic nitrogens is 2. The van der Waals surface area contributed by atoms with E-state index in [0.717, 1.165) is 24.1 Å². The second kappa shape index (κ2) is 11.4. The number of rotatable bonds is 6. The van der Waals surface area contributed by atoms with E-state index in [2.05, 4.69) is 40.0 Å². The van der Waals surface area contributed by atoms with Crippen molar-refractivity contribution in [1.82, 2.24) is 14.3 Å². The first-order valence-corrected chi connectivity index (χ1v) is 12.7. The van der Waals surface area contributed by atoms with Crippen LogP contribution in [0.3, 0.4) is 0 Å². The molecule has 1 aromatic heterocycles. The molecule has 1 aliphatic heterocycles. The Labute approximate surface area is 193 Å². The molecule has 2 heterocycles. The number of fused-ring (bicyclic) bond motifs is 1. The normalized spacial score (nSPS) is 17.2. The van der Waals surface area contributed by atoms with Gasteiger partial charge in [0.1, 0.15) is 5.82 Å². The number of nitrogens with zero attached hydrogens (tertiary/aromatic N) is 3. The summed E-state index contributed by atoms with van der Waals surface area (Å²) in [4.78, 5) is 9.80. The van der Waals surface area contributed by atoms with Crippen molar-refractivity contribution in [3.63, 3.8) is 0 Å². The van der Waals surface area contributed by atoms with E-state index >= 15 is 0 Å². The molecule has 0 bridgehead atoms. The van der Waals surface area contributed by atoms with Gasteiger partial charge in [0.2, 0.25) is 0 Å². The van der Waals surface area contributed by atoms with Crippen LogP contribution in [0.5, 0.6) is 0 Å². The third kappa shape index (κ3) is 5.84. The highest BCUT2D eigenvalue weighted by Crippen LogP contribution is 2.33. The van der Waals surface area contributed by atoms with Crippen molar-refractivity contribution in [2.45, 2.75) is 52.7 Å². The van der Waals surface area contributed by atoms with E-state index in [9.17, 15) is 8.60 Å². The van der Waals surface area contributed by atoms with Crippen LogP contribution in [0.25, 0.3) is 0 Å². The van der Waals surface area contributed by atoms with Gasteiger partial charge in [-0.05, 0) is 54.7 Å². The van der Waals surface area contributed by atoms with Crippen LogP contribution in [0.1, 0.15) is 42.7 Å². The molecule has 2 unspecified atom stereocenters. The first-order chi connectivity index (χ1) is 15.5. The van der Waals surface area contributed by atoms with Gasteiger partial charge in [-0.1, -0.05) is 38.1 Å². The molecule has 4 rings (SSSR count). The van der Waals surface area contributed by atoms with E-state index in [1.165, 1.54) is 28.9 Å². The number of benzene rings is 2. The van der Waals surface area contributed by atoms with Crippen LogP contribution in [0.15, 0.2) is 55.0 Å². The summed E-state index contributed by atoms with van der Waals surface area (Å²) in [5.74, 6) is -0.217. The van der Waals surface area contributed by atoms with Crippen LogP contribution < -0.4 is 4.90 Å². The molecular weight excluding hydrogens is 423 g/mol. The zero-order valence-corrected chi connectivity index (χ0v) is 20.2. The van der Waals surface area contributed by atoms with Crippen molar-refractivity contribution >= 4 is 16.7 Å². The van der Waals surface area contributed by atoms with Crippen LogP contribution in [-0.4, -0.2) is 37.3 Å². The Morgan fingerprint density at radius 3 is 2.59 bits per heavy atom. The largest absolute Gasteiger partial charge is 0.361 e. The first kappa shape index (κ1) is 24.1. The molecule has 0 amide bonds. The van der Waals surface area contributed by atoms with Gasteiger partial charge in [0.15, 0.2) is 0 Å². The van der Waals surface area contributed by atoms with Crippen LogP contribution in [0.4, 0.5) is 10.1 Å². The molecule has 3 aromatic rings. The maximum absolute atomic E-state index is 13.3. The summed E-state index contributed by atoms with van der Waals surface area (Å²) in [6, 6.07) is 13.2. The molecule has 2 aromatic carbocycles. The Bertz CT molecular complexity index is 1010. The fraction of sp³-hybridized carbons (Fsp3) is 0.400. The lowest BCUT2D eigenvalue weighted by Gasteiger charge is -2.34. The number of aromatic amines is 1. The molecule has 0 saturated carbocycles. The summed E-state index contributed by atoms with van der Waals surface area (Å²) in [6.45, 7) is 8.18. The summed E-state index contributed by atoms with van der Waals surface area (Å²) in [6.07, 6.45) is 7.01. The first-order valence-electron chi connectivity index (χ1n) is 11.2. The average Bonchev–Trinajstić information content (AvgIpc) is 3.25. The highest BCUT2D eigenvalue weighted by atomic mass is 32.2. The zero-order chi connectivity index (χ0) is 23.1. The third-order valence-electron chi connectivity index (χ3n) is 5.82. The number of hydrogen-bond acceptors (Lipinski definition) is 3. The summed E-state index contributed by atoms with van der Waals surface area (Å²) in [7, 11) is -1.07. The second-order valence-electron chi connectivity index (χ2n) is 7.84. The lowest BCUT2D eigenvalue weighted by Crippen LogP contribution is -2.42. The topological polar surface area (TPSA) is 52.2 Å². The second-order valence-corrected chi connectivity index (χ2v) is 9.21. The predicted molar refractivity (Wildman–Crippen MR) is 130 cm³/mol. The van der Waals surface area contributed by atoms with Gasteiger partial charge in [0, 0.05) is 37.3 Å². The smallest absolute Gasteiger partial charge is 0.123 e. The number of halogens is 1. The molecule has 0 fully saturated rings. The molecule has 5 nitrogen and oxygen atoms in total. The molecule has 1 aliphatic rings. The number of nitrogens with one attached hydrogen (secondary N) is 1. The lowest BCUT2D eigenvalue weighted by molar-refractivity contribution is 0.392. The fourth-order valence-electron chi connectivity index (χ4n) is 4.13. The minimum atomic E-state index is -1.07. The van der Waals surface area contributed by atoms with Crippen LogP contribution in [0.2, 0.25) is 0 Å². The van der Waals surface area contributed by atoms with E-state index in [-0.39, 0.29) is 11.9 Å². The van der Waals surface area contributed by atoms with Crippen molar-refractivity contribution in [1.29, 1.82) is 0 Å². The van der Waals surface area contributed by atoms with Crippen molar-refractivity contribution in [2.24, 2.45) is 0 Å². The van der Waals surface area contributed by atoms with Crippen molar-refractivity contribution in [3.05, 3.63) is 83.2 Å². The van der Waals surface area contributed by atoms with Gasteiger partial charge in [0.05, 0.1) is 29.6 Å². The molecule has 0 saturated heterocycles. The molecular formula is C25H33FN4OS. The minimum Gasteiger partial charge on any atom is -0.361 e. The SMILES string of the molecule is CC.Cc1cccc2c1CN(S(C)=O)CC(CCc1ccc(F)cc1)N2Cc1cnc[nH]1. The Hall–Kier alpha value is -2.51. The number of H-pyrrole nitrogens is 1. The quantitative estimate of drug-likeness (QED) is 0.568. The maximum atomic E-state index is 13.3. The van der Waals surface area contributed by atoms with Gasteiger partial charge >= 0.3 is 0 Å². The third-order valence-corrected chi connectivity index (χ3v) is 6.83. The number of hydrogen-bond donors (Lipinski definition) is 1. The summed E-state index contributed by atoms with van der Waals surface area (Å²) in [5, 5.41) is 0. The van der Waals surface area contributed by atoms with Crippen molar-refractivity contribution in [3.8, 4) is 0 Å². The van der Waals surface area contributed by atoms with Gasteiger partial charge < -0.3 is 9.88 Å². The van der Waals surface area contributed by atoms with Crippen LogP contribution >= 0.6 is 0 Å². The Kier molecular flexibility index (Phi) is 8.59. The van der Waals surface area contributed by atoms with Gasteiger partial charge in [-0.2, -0.15) is 0 Å².